The molecule has 4 rings (SSSR count). The van der Waals surface area contributed by atoms with Crippen molar-refractivity contribution in [2.75, 3.05) is 4.90 Å². The van der Waals surface area contributed by atoms with Gasteiger partial charge in [0.2, 0.25) is 0 Å². The molecular formula is C23H23N3O4. The summed E-state index contributed by atoms with van der Waals surface area (Å²) >= 11 is 0. The molecule has 2 heterocycles. The molecule has 0 fully saturated rings. The van der Waals surface area contributed by atoms with E-state index in [9.17, 15) is 14.4 Å². The first-order valence-corrected chi connectivity index (χ1v) is 9.92. The predicted molar refractivity (Wildman–Crippen MR) is 113 cm³/mol. The van der Waals surface area contributed by atoms with Crippen molar-refractivity contribution in [3.8, 4) is 0 Å². The van der Waals surface area contributed by atoms with Crippen LogP contribution in [0.5, 0.6) is 0 Å². The minimum atomic E-state index is -0.926. The number of aryl methyl sites for hydroxylation is 1. The van der Waals surface area contributed by atoms with E-state index in [0.29, 0.717) is 16.5 Å². The van der Waals surface area contributed by atoms with Crippen LogP contribution in [0.1, 0.15) is 25.1 Å². The summed E-state index contributed by atoms with van der Waals surface area (Å²) in [5.41, 5.74) is 2.19. The fraction of sp³-hybridized carbons (Fsp3) is 0.304. The summed E-state index contributed by atoms with van der Waals surface area (Å²) in [7, 11) is 1.54. The van der Waals surface area contributed by atoms with Crippen molar-refractivity contribution in [1.29, 1.82) is 0 Å². The fourth-order valence-corrected chi connectivity index (χ4v) is 4.03. The summed E-state index contributed by atoms with van der Waals surface area (Å²) in [5.74, 6) is -0.814. The zero-order valence-electron chi connectivity index (χ0n) is 17.2. The van der Waals surface area contributed by atoms with Crippen molar-refractivity contribution in [3.05, 3.63) is 70.1 Å². The second-order valence-corrected chi connectivity index (χ2v) is 7.62. The van der Waals surface area contributed by atoms with Gasteiger partial charge in [0.15, 0.2) is 6.10 Å². The van der Waals surface area contributed by atoms with Gasteiger partial charge in [0.25, 0.3) is 11.5 Å². The number of carbonyl (C=O) groups excluding carboxylic acids is 2. The quantitative estimate of drug-likeness (QED) is 0.623. The van der Waals surface area contributed by atoms with Gasteiger partial charge in [-0.3, -0.25) is 14.4 Å². The Hall–Kier alpha value is -3.48. The van der Waals surface area contributed by atoms with E-state index in [2.05, 4.69) is 5.10 Å². The number of fused-ring (bicyclic) bond motifs is 2. The highest BCUT2D eigenvalue weighted by Crippen LogP contribution is 2.32. The van der Waals surface area contributed by atoms with Crippen LogP contribution in [0.25, 0.3) is 10.8 Å². The summed E-state index contributed by atoms with van der Waals surface area (Å²) in [4.78, 5) is 39.5. The molecule has 0 aliphatic carbocycles. The SMILES string of the molecule is C[C@H](OC(=O)Cc1nn(C)c(=O)c2ccccc12)C(=O)N1c2ccccc2C[C@H]1C. The van der Waals surface area contributed by atoms with Gasteiger partial charge in [0.05, 0.1) is 17.5 Å². The van der Waals surface area contributed by atoms with E-state index in [1.54, 1.807) is 43.1 Å². The van der Waals surface area contributed by atoms with Crippen molar-refractivity contribution in [1.82, 2.24) is 9.78 Å². The van der Waals surface area contributed by atoms with Crippen LogP contribution in [0, 0.1) is 0 Å². The molecule has 7 heteroatoms. The third-order valence-corrected chi connectivity index (χ3v) is 5.45. The number of hydrogen-bond donors (Lipinski definition) is 0. The lowest BCUT2D eigenvalue weighted by Crippen LogP contribution is -2.43. The van der Waals surface area contributed by atoms with Crippen LogP contribution in [0.4, 0.5) is 5.69 Å². The number of amides is 1. The Morgan fingerprint density at radius 3 is 2.57 bits per heavy atom. The molecule has 7 nitrogen and oxygen atoms in total. The van der Waals surface area contributed by atoms with Gasteiger partial charge in [-0.15, -0.1) is 0 Å². The van der Waals surface area contributed by atoms with E-state index in [1.165, 1.54) is 4.68 Å². The zero-order chi connectivity index (χ0) is 21.4. The third kappa shape index (κ3) is 3.47. The van der Waals surface area contributed by atoms with Crippen molar-refractivity contribution < 1.29 is 14.3 Å². The summed E-state index contributed by atoms with van der Waals surface area (Å²) in [6.07, 6.45) is -0.278. The van der Waals surface area contributed by atoms with Gasteiger partial charge in [-0.2, -0.15) is 5.10 Å². The van der Waals surface area contributed by atoms with E-state index in [1.807, 2.05) is 31.2 Å². The Morgan fingerprint density at radius 2 is 1.80 bits per heavy atom. The smallest absolute Gasteiger partial charge is 0.312 e. The molecule has 0 bridgehead atoms. The molecule has 0 saturated heterocycles. The van der Waals surface area contributed by atoms with Gasteiger partial charge in [0, 0.05) is 24.2 Å². The maximum Gasteiger partial charge on any atom is 0.312 e. The average molecular weight is 405 g/mol. The van der Waals surface area contributed by atoms with Crippen molar-refractivity contribution >= 4 is 28.3 Å². The van der Waals surface area contributed by atoms with Crippen LogP contribution in [0.15, 0.2) is 53.3 Å². The molecular weight excluding hydrogens is 382 g/mol. The number of nitrogens with zero attached hydrogens (tertiary/aromatic N) is 3. The van der Waals surface area contributed by atoms with E-state index < -0.39 is 12.1 Å². The molecule has 1 aliphatic heterocycles. The first-order valence-electron chi connectivity index (χ1n) is 9.92. The number of hydrogen-bond acceptors (Lipinski definition) is 5. The average Bonchev–Trinajstić information content (AvgIpc) is 3.06. The molecule has 3 aromatic rings. The highest BCUT2D eigenvalue weighted by Gasteiger charge is 2.34. The van der Waals surface area contributed by atoms with Gasteiger partial charge in [-0.25, -0.2) is 4.68 Å². The van der Waals surface area contributed by atoms with Crippen molar-refractivity contribution in [2.24, 2.45) is 7.05 Å². The second kappa shape index (κ2) is 7.74. The number of aromatic nitrogens is 2. The first kappa shape index (κ1) is 19.8. The lowest BCUT2D eigenvalue weighted by molar-refractivity contribution is -0.153. The number of para-hydroxylation sites is 1. The molecule has 154 valence electrons. The Kier molecular flexibility index (Phi) is 5.11. The molecule has 0 N–H and O–H groups in total. The van der Waals surface area contributed by atoms with Crippen LogP contribution in [-0.4, -0.2) is 33.8 Å². The van der Waals surface area contributed by atoms with Gasteiger partial charge in [-0.05, 0) is 38.0 Å². The maximum atomic E-state index is 13.0. The van der Waals surface area contributed by atoms with Crippen LogP contribution < -0.4 is 10.5 Å². The molecule has 2 aromatic carbocycles. The molecule has 0 saturated carbocycles. The number of rotatable bonds is 4. The molecule has 2 atom stereocenters. The Balaban J connectivity index is 1.51. The largest absolute Gasteiger partial charge is 0.452 e. The number of anilines is 1. The number of benzene rings is 2. The van der Waals surface area contributed by atoms with E-state index in [-0.39, 0.29) is 23.9 Å². The Bertz CT molecular complexity index is 1200. The maximum absolute atomic E-state index is 13.0. The zero-order valence-corrected chi connectivity index (χ0v) is 17.2. The summed E-state index contributed by atoms with van der Waals surface area (Å²) in [5, 5.41) is 5.32. The van der Waals surface area contributed by atoms with Gasteiger partial charge >= 0.3 is 5.97 Å². The van der Waals surface area contributed by atoms with Crippen molar-refractivity contribution in [3.63, 3.8) is 0 Å². The van der Waals surface area contributed by atoms with Crippen LogP contribution in [0.2, 0.25) is 0 Å². The number of esters is 1. The van der Waals surface area contributed by atoms with E-state index >= 15 is 0 Å². The molecule has 30 heavy (non-hydrogen) atoms. The van der Waals surface area contributed by atoms with Gasteiger partial charge in [0.1, 0.15) is 0 Å². The van der Waals surface area contributed by atoms with Crippen molar-refractivity contribution in [2.45, 2.75) is 38.8 Å². The molecule has 0 radical (unpaired) electrons. The monoisotopic (exact) mass is 405 g/mol. The number of carbonyl (C=O) groups is 2. The number of ether oxygens (including phenoxy) is 1. The van der Waals surface area contributed by atoms with Gasteiger partial charge in [-0.1, -0.05) is 36.4 Å². The standard InChI is InChI=1S/C23H23N3O4/c1-14-12-16-8-4-7-11-20(16)26(14)22(28)15(2)30-21(27)13-19-17-9-5-6-10-18(17)23(29)25(3)24-19/h4-11,14-15H,12-13H2,1-3H3/t14-,15+/m1/s1. The predicted octanol–water partition coefficient (Wildman–Crippen LogP) is 2.39. The van der Waals surface area contributed by atoms with Crippen LogP contribution in [-0.2, 0) is 34.2 Å². The first-order chi connectivity index (χ1) is 14.4. The molecule has 1 aromatic heterocycles. The molecule has 0 unspecified atom stereocenters. The summed E-state index contributed by atoms with van der Waals surface area (Å²) in [6.45, 7) is 3.56. The van der Waals surface area contributed by atoms with E-state index in [0.717, 1.165) is 17.7 Å². The highest BCUT2D eigenvalue weighted by molar-refractivity contribution is 6.00. The van der Waals surface area contributed by atoms with Gasteiger partial charge < -0.3 is 9.64 Å². The second-order valence-electron chi connectivity index (χ2n) is 7.62. The van der Waals surface area contributed by atoms with Crippen LogP contribution >= 0.6 is 0 Å². The molecule has 1 aliphatic rings. The summed E-state index contributed by atoms with van der Waals surface area (Å²) in [6, 6.07) is 14.8. The topological polar surface area (TPSA) is 81.5 Å². The van der Waals surface area contributed by atoms with Crippen LogP contribution in [0.3, 0.4) is 0 Å². The molecule has 0 spiro atoms. The Labute approximate surface area is 173 Å². The lowest BCUT2D eigenvalue weighted by Gasteiger charge is -2.26. The highest BCUT2D eigenvalue weighted by atomic mass is 16.5. The summed E-state index contributed by atoms with van der Waals surface area (Å²) < 4.78 is 6.66. The van der Waals surface area contributed by atoms with E-state index in [4.69, 9.17) is 4.74 Å². The normalized spacial score (nSPS) is 16.4. The Morgan fingerprint density at radius 1 is 1.13 bits per heavy atom. The fourth-order valence-electron chi connectivity index (χ4n) is 4.03. The third-order valence-electron chi connectivity index (χ3n) is 5.45. The lowest BCUT2D eigenvalue weighted by atomic mass is 10.1. The molecule has 1 amide bonds. The minimum Gasteiger partial charge on any atom is -0.452 e. The minimum absolute atomic E-state index is 0.00492.